The van der Waals surface area contributed by atoms with Gasteiger partial charge in [-0.1, -0.05) is 181 Å². The highest BCUT2D eigenvalue weighted by Crippen LogP contribution is 2.22. The van der Waals surface area contributed by atoms with Crippen molar-refractivity contribution in [3.8, 4) is 0 Å². The van der Waals surface area contributed by atoms with Crippen LogP contribution in [0, 0.1) is 0 Å². The Hall–Kier alpha value is -0.660. The summed E-state index contributed by atoms with van der Waals surface area (Å²) in [6, 6.07) is 0. The normalized spacial score (nSPS) is 15.3. The maximum Gasteiger partial charge on any atom is 0.100 e. The van der Waals surface area contributed by atoms with Crippen LogP contribution in [0.3, 0.4) is 0 Å². The number of rotatable bonds is 30. The minimum absolute atomic E-state index is 0.620. The first-order valence-corrected chi connectivity index (χ1v) is 18.0. The SMILES string of the molecule is CCCCCCCCCCCCCCCCCCN1C=CN(C)C1CCCCCCCCCCCCCC. The Morgan fingerprint density at radius 3 is 1.08 bits per heavy atom. The van der Waals surface area contributed by atoms with Crippen molar-refractivity contribution < 1.29 is 0 Å². The summed E-state index contributed by atoms with van der Waals surface area (Å²) in [7, 11) is 2.27. The predicted molar refractivity (Wildman–Crippen MR) is 173 cm³/mol. The highest BCUT2D eigenvalue weighted by molar-refractivity contribution is 4.95. The van der Waals surface area contributed by atoms with E-state index in [0.29, 0.717) is 6.17 Å². The quantitative estimate of drug-likeness (QED) is 0.0848. The topological polar surface area (TPSA) is 6.48 Å². The molecule has 0 saturated heterocycles. The van der Waals surface area contributed by atoms with E-state index in [4.69, 9.17) is 0 Å². The minimum Gasteiger partial charge on any atom is -0.359 e. The third-order valence-electron chi connectivity index (χ3n) is 8.93. The molecule has 0 fully saturated rings. The summed E-state index contributed by atoms with van der Waals surface area (Å²) in [5.74, 6) is 0. The zero-order valence-corrected chi connectivity index (χ0v) is 26.8. The van der Waals surface area contributed by atoms with Gasteiger partial charge in [0.05, 0.1) is 0 Å². The molecule has 1 aliphatic rings. The summed E-state index contributed by atoms with van der Waals surface area (Å²) in [6.07, 6.45) is 47.1. The van der Waals surface area contributed by atoms with Gasteiger partial charge in [-0.3, -0.25) is 0 Å². The van der Waals surface area contributed by atoms with Crippen molar-refractivity contribution in [2.75, 3.05) is 13.6 Å². The Bertz CT molecular complexity index is 488. The highest BCUT2D eigenvalue weighted by Gasteiger charge is 2.22. The smallest absolute Gasteiger partial charge is 0.100 e. The number of nitrogens with zero attached hydrogens (tertiary/aromatic N) is 2. The Kier molecular flexibility index (Phi) is 26.0. The Morgan fingerprint density at radius 1 is 0.395 bits per heavy atom. The second-order valence-electron chi connectivity index (χ2n) is 12.7. The van der Waals surface area contributed by atoms with Gasteiger partial charge in [0.15, 0.2) is 0 Å². The van der Waals surface area contributed by atoms with E-state index in [9.17, 15) is 0 Å². The monoisotopic (exact) mass is 533 g/mol. The summed E-state index contributed by atoms with van der Waals surface area (Å²) >= 11 is 0. The van der Waals surface area contributed by atoms with Gasteiger partial charge < -0.3 is 9.80 Å². The van der Waals surface area contributed by atoms with Gasteiger partial charge in [-0.25, -0.2) is 0 Å². The van der Waals surface area contributed by atoms with E-state index in [-0.39, 0.29) is 0 Å². The third kappa shape index (κ3) is 21.2. The molecule has 0 aromatic heterocycles. The summed E-state index contributed by atoms with van der Waals surface area (Å²) in [5.41, 5.74) is 0. The molecule has 0 spiro atoms. The Labute approximate surface area is 241 Å². The summed E-state index contributed by atoms with van der Waals surface area (Å²) in [5, 5.41) is 0. The van der Waals surface area contributed by atoms with Gasteiger partial charge in [-0.2, -0.15) is 0 Å². The lowest BCUT2D eigenvalue weighted by Gasteiger charge is -2.30. The van der Waals surface area contributed by atoms with Gasteiger partial charge in [0.25, 0.3) is 0 Å². The predicted octanol–water partition coefficient (Wildman–Crippen LogP) is 12.4. The molecule has 0 aliphatic carbocycles. The summed E-state index contributed by atoms with van der Waals surface area (Å²) < 4.78 is 0. The van der Waals surface area contributed by atoms with Gasteiger partial charge >= 0.3 is 0 Å². The van der Waals surface area contributed by atoms with Crippen LogP contribution in [0.4, 0.5) is 0 Å². The maximum absolute atomic E-state index is 2.63. The van der Waals surface area contributed by atoms with E-state index < -0.39 is 0 Å². The molecule has 1 aliphatic heterocycles. The van der Waals surface area contributed by atoms with E-state index in [0.717, 1.165) is 0 Å². The Morgan fingerprint density at radius 2 is 0.711 bits per heavy atom. The fraction of sp³-hybridized carbons (Fsp3) is 0.944. The van der Waals surface area contributed by atoms with Crippen LogP contribution in [-0.4, -0.2) is 29.6 Å². The molecule has 0 aromatic rings. The van der Waals surface area contributed by atoms with Gasteiger partial charge in [0, 0.05) is 26.0 Å². The molecule has 1 unspecified atom stereocenters. The fourth-order valence-electron chi connectivity index (χ4n) is 6.23. The molecule has 0 amide bonds. The zero-order valence-electron chi connectivity index (χ0n) is 26.8. The van der Waals surface area contributed by atoms with Crippen molar-refractivity contribution in [3.05, 3.63) is 12.4 Å². The van der Waals surface area contributed by atoms with Crippen LogP contribution < -0.4 is 0 Å². The van der Waals surface area contributed by atoms with Crippen molar-refractivity contribution in [2.24, 2.45) is 0 Å². The maximum atomic E-state index is 2.63. The van der Waals surface area contributed by atoms with Crippen LogP contribution in [0.2, 0.25) is 0 Å². The number of unbranched alkanes of at least 4 members (excludes halogenated alkanes) is 26. The molecule has 0 saturated carbocycles. The van der Waals surface area contributed by atoms with E-state index in [1.807, 2.05) is 0 Å². The number of hydrogen-bond donors (Lipinski definition) is 0. The first-order chi connectivity index (χ1) is 18.8. The fourth-order valence-corrected chi connectivity index (χ4v) is 6.23. The van der Waals surface area contributed by atoms with Gasteiger partial charge in [-0.15, -0.1) is 0 Å². The molecular formula is C36H72N2. The van der Waals surface area contributed by atoms with E-state index in [2.05, 4.69) is 43.1 Å². The van der Waals surface area contributed by atoms with Crippen molar-refractivity contribution in [1.82, 2.24) is 9.80 Å². The van der Waals surface area contributed by atoms with Crippen molar-refractivity contribution in [3.63, 3.8) is 0 Å². The van der Waals surface area contributed by atoms with Crippen LogP contribution in [-0.2, 0) is 0 Å². The molecule has 1 heterocycles. The minimum atomic E-state index is 0.620. The second-order valence-corrected chi connectivity index (χ2v) is 12.7. The summed E-state index contributed by atoms with van der Waals surface area (Å²) in [4.78, 5) is 5.08. The van der Waals surface area contributed by atoms with Crippen LogP contribution in [0.5, 0.6) is 0 Å². The van der Waals surface area contributed by atoms with Crippen LogP contribution >= 0.6 is 0 Å². The van der Waals surface area contributed by atoms with E-state index in [1.54, 1.807) is 0 Å². The van der Waals surface area contributed by atoms with E-state index in [1.165, 1.54) is 193 Å². The molecule has 0 bridgehead atoms. The summed E-state index contributed by atoms with van der Waals surface area (Å²) in [6.45, 7) is 5.87. The standard InChI is InChI=1S/C36H72N2/c1-4-6-8-10-12-14-16-18-19-20-21-23-25-27-29-31-33-38-35-34-37(3)36(38)32-30-28-26-24-22-17-15-13-11-9-7-5-2/h34-36H,4-33H2,1-3H3. The van der Waals surface area contributed by atoms with Gasteiger partial charge in [0.1, 0.15) is 6.17 Å². The first kappa shape index (κ1) is 35.4. The average molecular weight is 533 g/mol. The third-order valence-corrected chi connectivity index (χ3v) is 8.93. The molecule has 226 valence electrons. The zero-order chi connectivity index (χ0) is 27.4. The molecule has 0 N–H and O–H groups in total. The largest absolute Gasteiger partial charge is 0.359 e. The van der Waals surface area contributed by atoms with Gasteiger partial charge in [0.2, 0.25) is 0 Å². The molecule has 0 radical (unpaired) electrons. The van der Waals surface area contributed by atoms with Crippen LogP contribution in [0.1, 0.15) is 200 Å². The van der Waals surface area contributed by atoms with Crippen molar-refractivity contribution >= 4 is 0 Å². The van der Waals surface area contributed by atoms with Crippen molar-refractivity contribution in [1.29, 1.82) is 0 Å². The van der Waals surface area contributed by atoms with E-state index >= 15 is 0 Å². The second kappa shape index (κ2) is 27.9. The average Bonchev–Trinajstić information content (AvgIpc) is 3.27. The van der Waals surface area contributed by atoms with Crippen LogP contribution in [0.15, 0.2) is 12.4 Å². The highest BCUT2D eigenvalue weighted by atomic mass is 15.4. The molecule has 0 aromatic carbocycles. The van der Waals surface area contributed by atoms with Crippen LogP contribution in [0.25, 0.3) is 0 Å². The first-order valence-electron chi connectivity index (χ1n) is 18.0. The molecule has 1 rings (SSSR count). The molecule has 1 atom stereocenters. The molecular weight excluding hydrogens is 460 g/mol. The lowest BCUT2D eigenvalue weighted by molar-refractivity contribution is 0.159. The van der Waals surface area contributed by atoms with Gasteiger partial charge in [-0.05, 0) is 19.3 Å². The lowest BCUT2D eigenvalue weighted by Crippen LogP contribution is -2.37. The van der Waals surface area contributed by atoms with Crippen molar-refractivity contribution in [2.45, 2.75) is 206 Å². The number of hydrogen-bond acceptors (Lipinski definition) is 2. The molecule has 2 nitrogen and oxygen atoms in total. The molecule has 2 heteroatoms. The lowest BCUT2D eigenvalue weighted by atomic mass is 10.0. The Balaban J connectivity index is 1.87. The molecule has 38 heavy (non-hydrogen) atoms.